The fraction of sp³-hybridized carbons (Fsp3) is 0.333. The summed E-state index contributed by atoms with van der Waals surface area (Å²) in [5, 5.41) is 4.64. The van der Waals surface area contributed by atoms with Gasteiger partial charge in [-0.25, -0.2) is 0 Å². The smallest absolute Gasteiger partial charge is 0.0521 e. The Kier molecular flexibility index (Phi) is 4.65. The van der Waals surface area contributed by atoms with Crippen molar-refractivity contribution < 1.29 is 0 Å². The third-order valence-electron chi connectivity index (χ3n) is 2.10. The van der Waals surface area contributed by atoms with E-state index in [0.717, 1.165) is 10.6 Å². The molecule has 0 heterocycles. The van der Waals surface area contributed by atoms with Gasteiger partial charge in [0.05, 0.1) is 6.04 Å². The Balaban J connectivity index is 3.11. The van der Waals surface area contributed by atoms with Crippen LogP contribution in [0.25, 0.3) is 0 Å². The first-order chi connectivity index (χ1) is 7.04. The minimum absolute atomic E-state index is 0.112. The maximum atomic E-state index is 6.13. The number of hydrogen-bond donors (Lipinski definition) is 1. The topological polar surface area (TPSA) is 12.0 Å². The van der Waals surface area contributed by atoms with Crippen molar-refractivity contribution in [1.82, 2.24) is 5.32 Å². The number of allylic oxidation sites excluding steroid dienone is 1. The summed E-state index contributed by atoms with van der Waals surface area (Å²) in [4.78, 5) is 0. The fourth-order valence-corrected chi connectivity index (χ4v) is 1.83. The van der Waals surface area contributed by atoms with Gasteiger partial charge in [-0.2, -0.15) is 0 Å². The van der Waals surface area contributed by atoms with Gasteiger partial charge >= 0.3 is 0 Å². The van der Waals surface area contributed by atoms with Gasteiger partial charge in [0.15, 0.2) is 0 Å². The molecule has 3 heteroatoms. The maximum absolute atomic E-state index is 6.13. The first-order valence-electron chi connectivity index (χ1n) is 4.82. The summed E-state index contributed by atoms with van der Waals surface area (Å²) in [6.07, 6.45) is 2.12. The zero-order chi connectivity index (χ0) is 11.4. The highest BCUT2D eigenvalue weighted by atomic mass is 35.5. The number of hydrogen-bond acceptors (Lipinski definition) is 1. The largest absolute Gasteiger partial charge is 0.310 e. The van der Waals surface area contributed by atoms with E-state index in [1.54, 1.807) is 6.07 Å². The monoisotopic (exact) mass is 243 g/mol. The molecule has 0 aromatic heterocycles. The number of likely N-dealkylation sites (N-methyl/N-ethyl adjacent to an activating group) is 1. The first-order valence-corrected chi connectivity index (χ1v) is 5.57. The molecule has 0 radical (unpaired) electrons. The van der Waals surface area contributed by atoms with Crippen LogP contribution in [0.2, 0.25) is 10.0 Å². The second-order valence-corrected chi connectivity index (χ2v) is 4.52. The summed E-state index contributed by atoms with van der Waals surface area (Å²) < 4.78 is 0. The Labute approximate surface area is 101 Å². The molecular weight excluding hydrogens is 229 g/mol. The van der Waals surface area contributed by atoms with Gasteiger partial charge in [0.2, 0.25) is 0 Å². The number of nitrogens with one attached hydrogen (secondary N) is 1. The second kappa shape index (κ2) is 5.55. The van der Waals surface area contributed by atoms with E-state index in [1.807, 2.05) is 19.2 Å². The molecule has 0 amide bonds. The van der Waals surface area contributed by atoms with Crippen LogP contribution in [0.4, 0.5) is 0 Å². The molecule has 82 valence electrons. The van der Waals surface area contributed by atoms with Gasteiger partial charge in [0, 0.05) is 10.0 Å². The van der Waals surface area contributed by atoms with Crippen LogP contribution in [0.5, 0.6) is 0 Å². The maximum Gasteiger partial charge on any atom is 0.0521 e. The Hall–Kier alpha value is -0.500. The molecular formula is C12H15Cl2N. The van der Waals surface area contributed by atoms with Gasteiger partial charge < -0.3 is 5.32 Å². The molecule has 0 saturated carbocycles. The van der Waals surface area contributed by atoms with Crippen molar-refractivity contribution in [3.05, 3.63) is 45.5 Å². The van der Waals surface area contributed by atoms with Gasteiger partial charge in [-0.3, -0.25) is 0 Å². The molecule has 0 bridgehead atoms. The molecule has 1 rings (SSSR count). The lowest BCUT2D eigenvalue weighted by Crippen LogP contribution is -2.14. The summed E-state index contributed by atoms with van der Waals surface area (Å²) in [5.41, 5.74) is 2.25. The van der Waals surface area contributed by atoms with Crippen molar-refractivity contribution >= 4 is 23.2 Å². The van der Waals surface area contributed by atoms with Crippen LogP contribution < -0.4 is 5.32 Å². The molecule has 0 spiro atoms. The molecule has 1 aromatic rings. The standard InChI is InChI=1S/C12H15Cl2N/c1-8(2)6-12(15-3)10-7-9(13)4-5-11(10)14/h4-7,12,15H,1-3H3. The number of halogens is 2. The van der Waals surface area contributed by atoms with Crippen molar-refractivity contribution in [1.29, 1.82) is 0 Å². The highest BCUT2D eigenvalue weighted by molar-refractivity contribution is 6.33. The van der Waals surface area contributed by atoms with Crippen molar-refractivity contribution in [3.63, 3.8) is 0 Å². The van der Waals surface area contributed by atoms with Crippen LogP contribution in [-0.4, -0.2) is 7.05 Å². The zero-order valence-electron chi connectivity index (χ0n) is 9.14. The van der Waals surface area contributed by atoms with Gasteiger partial charge in [0.25, 0.3) is 0 Å². The van der Waals surface area contributed by atoms with E-state index in [2.05, 4.69) is 25.2 Å². The molecule has 1 unspecified atom stereocenters. The summed E-state index contributed by atoms with van der Waals surface area (Å²) >= 11 is 12.1. The van der Waals surface area contributed by atoms with E-state index in [9.17, 15) is 0 Å². The van der Waals surface area contributed by atoms with Crippen molar-refractivity contribution in [3.8, 4) is 0 Å². The Bertz CT molecular complexity index is 368. The third-order valence-corrected chi connectivity index (χ3v) is 2.68. The van der Waals surface area contributed by atoms with Crippen molar-refractivity contribution in [2.75, 3.05) is 7.05 Å². The van der Waals surface area contributed by atoms with Gasteiger partial charge in [-0.15, -0.1) is 0 Å². The van der Waals surface area contributed by atoms with Crippen LogP contribution >= 0.6 is 23.2 Å². The second-order valence-electron chi connectivity index (χ2n) is 3.68. The van der Waals surface area contributed by atoms with E-state index >= 15 is 0 Å². The lowest BCUT2D eigenvalue weighted by molar-refractivity contribution is 0.710. The summed E-state index contributed by atoms with van der Waals surface area (Å²) in [6, 6.07) is 5.62. The van der Waals surface area contributed by atoms with E-state index in [-0.39, 0.29) is 6.04 Å². The predicted octanol–water partition coefficient (Wildman–Crippen LogP) is 4.22. The Morgan fingerprint density at radius 1 is 1.33 bits per heavy atom. The quantitative estimate of drug-likeness (QED) is 0.785. The minimum Gasteiger partial charge on any atom is -0.310 e. The predicted molar refractivity (Wildman–Crippen MR) is 67.7 cm³/mol. The lowest BCUT2D eigenvalue weighted by Gasteiger charge is -2.15. The van der Waals surface area contributed by atoms with E-state index in [4.69, 9.17) is 23.2 Å². The molecule has 0 aliphatic carbocycles. The molecule has 15 heavy (non-hydrogen) atoms. The van der Waals surface area contributed by atoms with E-state index < -0.39 is 0 Å². The molecule has 0 aliphatic rings. The number of rotatable bonds is 3. The average Bonchev–Trinajstić information content (AvgIpc) is 2.18. The van der Waals surface area contributed by atoms with Crippen LogP contribution in [0.15, 0.2) is 29.8 Å². The van der Waals surface area contributed by atoms with Crippen molar-refractivity contribution in [2.45, 2.75) is 19.9 Å². The highest BCUT2D eigenvalue weighted by Gasteiger charge is 2.10. The molecule has 0 saturated heterocycles. The zero-order valence-corrected chi connectivity index (χ0v) is 10.7. The SMILES string of the molecule is CNC(C=C(C)C)c1cc(Cl)ccc1Cl. The van der Waals surface area contributed by atoms with E-state index in [0.29, 0.717) is 5.02 Å². The lowest BCUT2D eigenvalue weighted by atomic mass is 10.0. The molecule has 1 aromatic carbocycles. The molecule has 0 fully saturated rings. The van der Waals surface area contributed by atoms with Crippen molar-refractivity contribution in [2.24, 2.45) is 0 Å². The summed E-state index contributed by atoms with van der Waals surface area (Å²) in [5.74, 6) is 0. The van der Waals surface area contributed by atoms with Gasteiger partial charge in [0.1, 0.15) is 0 Å². The van der Waals surface area contributed by atoms with Crippen LogP contribution in [0.1, 0.15) is 25.5 Å². The van der Waals surface area contributed by atoms with Gasteiger partial charge in [-0.05, 0) is 44.7 Å². The minimum atomic E-state index is 0.112. The third kappa shape index (κ3) is 3.53. The summed E-state index contributed by atoms with van der Waals surface area (Å²) in [6.45, 7) is 4.12. The number of benzene rings is 1. The normalized spacial score (nSPS) is 12.3. The molecule has 0 aliphatic heterocycles. The first kappa shape index (κ1) is 12.6. The van der Waals surface area contributed by atoms with E-state index in [1.165, 1.54) is 5.57 Å². The Morgan fingerprint density at radius 3 is 2.53 bits per heavy atom. The summed E-state index contributed by atoms with van der Waals surface area (Å²) in [7, 11) is 1.90. The van der Waals surface area contributed by atoms with Crippen LogP contribution in [0, 0.1) is 0 Å². The molecule has 1 nitrogen and oxygen atoms in total. The Morgan fingerprint density at radius 2 is 2.00 bits per heavy atom. The molecule has 1 N–H and O–H groups in total. The van der Waals surface area contributed by atoms with Crippen LogP contribution in [0.3, 0.4) is 0 Å². The molecule has 1 atom stereocenters. The van der Waals surface area contributed by atoms with Crippen LogP contribution in [-0.2, 0) is 0 Å². The highest BCUT2D eigenvalue weighted by Crippen LogP contribution is 2.27. The fourth-order valence-electron chi connectivity index (χ4n) is 1.41. The van der Waals surface area contributed by atoms with Gasteiger partial charge in [-0.1, -0.05) is 34.9 Å². The average molecular weight is 244 g/mol.